The van der Waals surface area contributed by atoms with Gasteiger partial charge in [0.05, 0.1) is 18.8 Å². The number of aromatic nitrogens is 2. The molecule has 13 heteroatoms. The fourth-order valence-corrected chi connectivity index (χ4v) is 6.39. The number of nitrogens with one attached hydrogen (secondary N) is 1. The van der Waals surface area contributed by atoms with Gasteiger partial charge in [-0.15, -0.1) is 0 Å². The molecule has 0 bridgehead atoms. The third-order valence-corrected chi connectivity index (χ3v) is 8.22. The number of hydrogen-bond acceptors (Lipinski definition) is 10. The van der Waals surface area contributed by atoms with E-state index in [0.29, 0.717) is 5.75 Å². The lowest BCUT2D eigenvalue weighted by Gasteiger charge is -2.27. The Kier molecular flexibility index (Phi) is 8.81. The Balaban J connectivity index is 1.50. The first kappa shape index (κ1) is 28.2. The van der Waals surface area contributed by atoms with Crippen molar-refractivity contribution in [2.24, 2.45) is 0 Å². The number of hydrogen-bond donors (Lipinski definition) is 3. The Morgan fingerprint density at radius 1 is 1.26 bits per heavy atom. The van der Waals surface area contributed by atoms with Crippen LogP contribution in [0.3, 0.4) is 0 Å². The van der Waals surface area contributed by atoms with Crippen molar-refractivity contribution in [1.82, 2.24) is 14.6 Å². The molecule has 2 heterocycles. The highest BCUT2D eigenvalue weighted by molar-refractivity contribution is 8.09. The lowest BCUT2D eigenvalue weighted by atomic mass is 10.1. The number of nitrogens with zero attached hydrogens (tertiary/aromatic N) is 2. The molecule has 1 saturated heterocycles. The summed E-state index contributed by atoms with van der Waals surface area (Å²) in [5.74, 6) is 0.0396. The fraction of sp³-hybridized carbons (Fsp3) is 0.400. The third kappa shape index (κ3) is 6.96. The van der Waals surface area contributed by atoms with E-state index in [9.17, 15) is 14.7 Å². The number of carbonyl (C=O) groups excluding carboxylic acids is 1. The first-order chi connectivity index (χ1) is 18.0. The average Bonchev–Trinajstić information content (AvgIpc) is 3.22. The van der Waals surface area contributed by atoms with Crippen molar-refractivity contribution in [2.75, 3.05) is 12.3 Å². The normalized spacial score (nSPS) is 21.8. The minimum absolute atomic E-state index is 0.0610. The van der Waals surface area contributed by atoms with E-state index in [1.165, 1.54) is 16.8 Å². The van der Waals surface area contributed by atoms with Gasteiger partial charge in [0.1, 0.15) is 23.7 Å². The molecule has 2 aromatic carbocycles. The zero-order chi connectivity index (χ0) is 27.4. The number of aliphatic hydroxyl groups is 1. The average molecular weight is 563 g/mol. The predicted octanol–water partition coefficient (Wildman–Crippen LogP) is 2.88. The topological polar surface area (TPSA) is 147 Å². The number of esters is 1. The van der Waals surface area contributed by atoms with Crippen LogP contribution < -0.4 is 21.0 Å². The molecule has 1 aliphatic heterocycles. The number of benzene rings is 2. The molecule has 5 unspecified atom stereocenters. The molecule has 5 atom stereocenters. The molecule has 0 spiro atoms. The molecule has 0 amide bonds. The molecule has 3 aromatic rings. The number of carbonyl (C=O) groups is 1. The lowest BCUT2D eigenvalue weighted by molar-refractivity contribution is -0.149. The van der Waals surface area contributed by atoms with Crippen molar-refractivity contribution in [3.63, 3.8) is 0 Å². The number of nitrogen functional groups attached to an aromatic ring is 1. The smallest absolute Gasteiger partial charge is 0.351 e. The highest BCUT2D eigenvalue weighted by atomic mass is 32.5. The lowest BCUT2D eigenvalue weighted by Crippen LogP contribution is -2.36. The van der Waals surface area contributed by atoms with Crippen molar-refractivity contribution in [2.45, 2.75) is 57.8 Å². The summed E-state index contributed by atoms with van der Waals surface area (Å²) in [6.07, 6.45) is -1.27. The van der Waals surface area contributed by atoms with E-state index < -0.39 is 42.8 Å². The summed E-state index contributed by atoms with van der Waals surface area (Å²) >= 11 is 5.79. The van der Waals surface area contributed by atoms with Crippen LogP contribution in [0.1, 0.15) is 33.4 Å². The van der Waals surface area contributed by atoms with Crippen LogP contribution in [-0.2, 0) is 30.6 Å². The van der Waals surface area contributed by atoms with Crippen LogP contribution in [0.15, 0.2) is 59.5 Å². The van der Waals surface area contributed by atoms with Crippen LogP contribution in [-0.4, -0.2) is 51.6 Å². The summed E-state index contributed by atoms with van der Waals surface area (Å²) in [6.45, 7) is 1.73. The van der Waals surface area contributed by atoms with Gasteiger partial charge in [-0.1, -0.05) is 30.3 Å². The first-order valence-electron chi connectivity index (χ1n) is 12.1. The van der Waals surface area contributed by atoms with Gasteiger partial charge in [0.25, 0.3) is 0 Å². The number of ether oxygens (including phenoxy) is 2. The Labute approximate surface area is 225 Å². The largest absolute Gasteiger partial charge is 0.462 e. The molecule has 1 aromatic heterocycles. The Hall–Kier alpha value is -2.86. The summed E-state index contributed by atoms with van der Waals surface area (Å²) in [5, 5.41) is 15.5. The molecule has 0 saturated carbocycles. The van der Waals surface area contributed by atoms with Gasteiger partial charge < -0.3 is 29.4 Å². The highest BCUT2D eigenvalue weighted by Gasteiger charge is 2.38. The maximum absolute atomic E-state index is 12.5. The number of aliphatic hydroxyl groups excluding tert-OH is 1. The summed E-state index contributed by atoms with van der Waals surface area (Å²) in [7, 11) is 0. The number of anilines is 1. The SMILES string of the molecule is CC(C)OC(=O)C(C)NP(=S)(OCC1CC(O)C(n2ccc(N)nc2=O)O1)Oc1ccc2ccccc2c1. The maximum Gasteiger partial charge on any atom is 0.351 e. The summed E-state index contributed by atoms with van der Waals surface area (Å²) in [6, 6.07) is 13.9. The van der Waals surface area contributed by atoms with Gasteiger partial charge in [0, 0.05) is 12.6 Å². The van der Waals surface area contributed by atoms with Gasteiger partial charge in [-0.25, -0.2) is 9.88 Å². The monoisotopic (exact) mass is 562 g/mol. The number of fused-ring (bicyclic) bond motifs is 1. The van der Waals surface area contributed by atoms with Crippen molar-refractivity contribution in [1.29, 1.82) is 0 Å². The van der Waals surface area contributed by atoms with Gasteiger partial charge in [0.2, 0.25) is 0 Å². The van der Waals surface area contributed by atoms with Gasteiger partial charge in [0.15, 0.2) is 6.23 Å². The molecule has 1 aliphatic rings. The number of rotatable bonds is 10. The van der Waals surface area contributed by atoms with Gasteiger partial charge in [-0.3, -0.25) is 9.36 Å². The van der Waals surface area contributed by atoms with Crippen LogP contribution in [0.5, 0.6) is 5.75 Å². The molecule has 1 fully saturated rings. The minimum Gasteiger partial charge on any atom is -0.462 e. The van der Waals surface area contributed by atoms with Crippen LogP contribution in [0.2, 0.25) is 0 Å². The first-order valence-corrected chi connectivity index (χ1v) is 14.8. The van der Waals surface area contributed by atoms with Gasteiger partial charge in [-0.2, -0.15) is 4.98 Å². The van der Waals surface area contributed by atoms with Gasteiger partial charge >= 0.3 is 18.3 Å². The van der Waals surface area contributed by atoms with Crippen molar-refractivity contribution in [3.8, 4) is 5.75 Å². The van der Waals surface area contributed by atoms with E-state index in [-0.39, 0.29) is 24.9 Å². The molecular formula is C25H31N4O7PS. The van der Waals surface area contributed by atoms with E-state index in [1.807, 2.05) is 36.4 Å². The molecular weight excluding hydrogens is 531 g/mol. The van der Waals surface area contributed by atoms with Crippen molar-refractivity contribution < 1.29 is 28.4 Å². The predicted molar refractivity (Wildman–Crippen MR) is 146 cm³/mol. The van der Waals surface area contributed by atoms with E-state index in [4.69, 9.17) is 36.1 Å². The number of nitrogens with two attached hydrogens (primary N) is 1. The second kappa shape index (κ2) is 11.9. The Bertz CT molecular complexity index is 1400. The molecule has 4 rings (SSSR count). The van der Waals surface area contributed by atoms with Crippen LogP contribution in [0.25, 0.3) is 10.8 Å². The highest BCUT2D eigenvalue weighted by Crippen LogP contribution is 2.46. The second-order valence-corrected chi connectivity index (χ2v) is 12.4. The van der Waals surface area contributed by atoms with E-state index in [0.717, 1.165) is 10.8 Å². The fourth-order valence-electron chi connectivity index (χ4n) is 3.97. The summed E-state index contributed by atoms with van der Waals surface area (Å²) < 4.78 is 24.6. The van der Waals surface area contributed by atoms with Crippen LogP contribution in [0.4, 0.5) is 5.82 Å². The zero-order valence-corrected chi connectivity index (χ0v) is 22.9. The Morgan fingerprint density at radius 2 is 2.00 bits per heavy atom. The summed E-state index contributed by atoms with van der Waals surface area (Å²) in [5.41, 5.74) is 4.92. The molecule has 0 radical (unpaired) electrons. The Morgan fingerprint density at radius 3 is 2.71 bits per heavy atom. The molecule has 4 N–H and O–H groups in total. The van der Waals surface area contributed by atoms with E-state index >= 15 is 0 Å². The quantitative estimate of drug-likeness (QED) is 0.248. The van der Waals surface area contributed by atoms with Crippen molar-refractivity contribution >= 4 is 41.0 Å². The van der Waals surface area contributed by atoms with Crippen LogP contribution in [0, 0.1) is 0 Å². The van der Waals surface area contributed by atoms with Crippen molar-refractivity contribution in [3.05, 3.63) is 65.2 Å². The standard InChI is InChI=1S/C25H31N4O7PS/c1-15(2)34-24(31)16(3)28-37(38,36-19-9-8-17-6-4-5-7-18(17)12-19)33-14-20-13-21(30)23(35-20)29-11-10-22(26)27-25(29)32/h4-12,15-16,20-21,23,30H,13-14H2,1-3H3,(H,28,38)(H2,26,27,32). The minimum atomic E-state index is -3.33. The zero-order valence-electron chi connectivity index (χ0n) is 21.2. The molecule has 204 valence electrons. The second-order valence-electron chi connectivity index (χ2n) is 9.22. The van der Waals surface area contributed by atoms with Crippen LogP contribution >= 0.6 is 6.64 Å². The third-order valence-electron chi connectivity index (χ3n) is 5.73. The molecule has 0 aliphatic carbocycles. The molecule has 38 heavy (non-hydrogen) atoms. The molecule has 11 nitrogen and oxygen atoms in total. The van der Waals surface area contributed by atoms with E-state index in [2.05, 4.69) is 10.1 Å². The van der Waals surface area contributed by atoms with Gasteiger partial charge in [-0.05, 0) is 61.5 Å². The maximum atomic E-state index is 12.5. The van der Waals surface area contributed by atoms with E-state index in [1.54, 1.807) is 26.8 Å². The summed E-state index contributed by atoms with van der Waals surface area (Å²) in [4.78, 5) is 28.4.